The van der Waals surface area contributed by atoms with Gasteiger partial charge in [0.05, 0.1) is 6.61 Å². The second-order valence-corrected chi connectivity index (χ2v) is 7.70. The van der Waals surface area contributed by atoms with Gasteiger partial charge in [-0.3, -0.25) is 9.59 Å². The van der Waals surface area contributed by atoms with Crippen LogP contribution in [0.4, 0.5) is 0 Å². The van der Waals surface area contributed by atoms with E-state index in [1.165, 1.54) is 0 Å². The quantitative estimate of drug-likeness (QED) is 0.748. The molecule has 0 aliphatic carbocycles. The maximum atomic E-state index is 12.8. The van der Waals surface area contributed by atoms with Crippen molar-refractivity contribution in [1.82, 2.24) is 4.90 Å². The minimum absolute atomic E-state index is 0.0385. The lowest BCUT2D eigenvalue weighted by Gasteiger charge is -2.43. The van der Waals surface area contributed by atoms with Crippen molar-refractivity contribution in [3.63, 3.8) is 0 Å². The molecule has 2 rings (SSSR count). The number of likely N-dealkylation sites (tertiary alicyclic amines) is 1. The Bertz CT molecular complexity index is 616. The number of ether oxygens (including phenoxy) is 1. The SMILES string of the molecule is CCC(CC)C(=O)N1CCC[C@](COc2ccc(Cl)cc2)(CC(N)=O)C1. The molecule has 1 aromatic carbocycles. The van der Waals surface area contributed by atoms with Gasteiger partial charge in [0.15, 0.2) is 0 Å². The highest BCUT2D eigenvalue weighted by Gasteiger charge is 2.40. The van der Waals surface area contributed by atoms with Crippen molar-refractivity contribution in [3.8, 4) is 5.75 Å². The van der Waals surface area contributed by atoms with Crippen LogP contribution in [0.15, 0.2) is 24.3 Å². The van der Waals surface area contributed by atoms with Crippen molar-refractivity contribution >= 4 is 23.4 Å². The molecule has 0 radical (unpaired) electrons. The zero-order valence-electron chi connectivity index (χ0n) is 15.7. The number of carbonyl (C=O) groups excluding carboxylic acids is 2. The summed E-state index contributed by atoms with van der Waals surface area (Å²) in [6.45, 7) is 5.67. The first-order valence-corrected chi connectivity index (χ1v) is 9.72. The van der Waals surface area contributed by atoms with Gasteiger partial charge in [0.25, 0.3) is 0 Å². The van der Waals surface area contributed by atoms with Crippen LogP contribution in [0, 0.1) is 11.3 Å². The molecular formula is C20H29ClN2O3. The zero-order valence-corrected chi connectivity index (χ0v) is 16.4. The molecule has 1 atom stereocenters. The minimum Gasteiger partial charge on any atom is -0.493 e. The van der Waals surface area contributed by atoms with Gasteiger partial charge in [-0.2, -0.15) is 0 Å². The van der Waals surface area contributed by atoms with Crippen LogP contribution in [0.2, 0.25) is 5.02 Å². The van der Waals surface area contributed by atoms with Gasteiger partial charge in [0, 0.05) is 35.9 Å². The van der Waals surface area contributed by atoms with Crippen molar-refractivity contribution < 1.29 is 14.3 Å². The highest BCUT2D eigenvalue weighted by molar-refractivity contribution is 6.30. The number of nitrogens with two attached hydrogens (primary N) is 1. The largest absolute Gasteiger partial charge is 0.493 e. The maximum absolute atomic E-state index is 12.8. The number of rotatable bonds is 8. The molecule has 6 heteroatoms. The normalized spacial score (nSPS) is 20.2. The number of halogens is 1. The first kappa shape index (κ1) is 20.6. The maximum Gasteiger partial charge on any atom is 0.225 e. The summed E-state index contributed by atoms with van der Waals surface area (Å²) in [6, 6.07) is 7.13. The molecule has 1 aliphatic rings. The Balaban J connectivity index is 2.12. The lowest BCUT2D eigenvalue weighted by atomic mass is 9.77. The first-order valence-electron chi connectivity index (χ1n) is 9.34. The molecule has 1 heterocycles. The lowest BCUT2D eigenvalue weighted by molar-refractivity contribution is -0.141. The second-order valence-electron chi connectivity index (χ2n) is 7.26. The van der Waals surface area contributed by atoms with E-state index in [1.54, 1.807) is 24.3 Å². The molecule has 1 aromatic rings. The van der Waals surface area contributed by atoms with E-state index in [9.17, 15) is 9.59 Å². The molecule has 26 heavy (non-hydrogen) atoms. The van der Waals surface area contributed by atoms with E-state index in [2.05, 4.69) is 0 Å². The van der Waals surface area contributed by atoms with Crippen LogP contribution in [0.5, 0.6) is 5.75 Å². The number of carbonyl (C=O) groups is 2. The lowest BCUT2D eigenvalue weighted by Crippen LogP contribution is -2.51. The fourth-order valence-electron chi connectivity index (χ4n) is 3.74. The van der Waals surface area contributed by atoms with Gasteiger partial charge < -0.3 is 15.4 Å². The molecule has 5 nitrogen and oxygen atoms in total. The molecule has 1 fully saturated rings. The van der Waals surface area contributed by atoms with E-state index in [0.717, 1.165) is 32.2 Å². The molecule has 0 spiro atoms. The summed E-state index contributed by atoms with van der Waals surface area (Å²) in [7, 11) is 0. The average molecular weight is 381 g/mol. The molecular weight excluding hydrogens is 352 g/mol. The van der Waals surface area contributed by atoms with Crippen molar-refractivity contribution in [2.24, 2.45) is 17.1 Å². The van der Waals surface area contributed by atoms with Crippen LogP contribution < -0.4 is 10.5 Å². The first-order chi connectivity index (χ1) is 12.4. The van der Waals surface area contributed by atoms with Gasteiger partial charge in [-0.1, -0.05) is 25.4 Å². The van der Waals surface area contributed by atoms with Gasteiger partial charge in [-0.25, -0.2) is 0 Å². The van der Waals surface area contributed by atoms with Crippen LogP contribution in [0.3, 0.4) is 0 Å². The highest BCUT2D eigenvalue weighted by atomic mass is 35.5. The van der Waals surface area contributed by atoms with E-state index in [0.29, 0.717) is 23.9 Å². The van der Waals surface area contributed by atoms with Crippen molar-refractivity contribution in [2.75, 3.05) is 19.7 Å². The van der Waals surface area contributed by atoms with Gasteiger partial charge in [0.2, 0.25) is 11.8 Å². The van der Waals surface area contributed by atoms with Gasteiger partial charge >= 0.3 is 0 Å². The predicted molar refractivity (Wildman–Crippen MR) is 103 cm³/mol. The Kier molecular flexibility index (Phi) is 7.33. The molecule has 1 aliphatic heterocycles. The molecule has 2 amide bonds. The number of amides is 2. The van der Waals surface area contributed by atoms with Crippen LogP contribution in [-0.2, 0) is 9.59 Å². The Morgan fingerprint density at radius 2 is 1.92 bits per heavy atom. The summed E-state index contributed by atoms with van der Waals surface area (Å²) < 4.78 is 5.94. The molecule has 0 aromatic heterocycles. The average Bonchev–Trinajstić information content (AvgIpc) is 2.62. The van der Waals surface area contributed by atoms with Gasteiger partial charge in [-0.15, -0.1) is 0 Å². The fraction of sp³-hybridized carbons (Fsp3) is 0.600. The molecule has 2 N–H and O–H groups in total. The standard InChI is InChI=1S/C20H29ClN2O3/c1-3-15(4-2)19(25)23-11-5-10-20(13-23,12-18(22)24)14-26-17-8-6-16(21)7-9-17/h6-9,15H,3-5,10-14H2,1-2H3,(H2,22,24)/t20-/m0/s1. The Labute approximate surface area is 160 Å². The fourth-order valence-corrected chi connectivity index (χ4v) is 3.87. The third-order valence-corrected chi connectivity index (χ3v) is 5.47. The summed E-state index contributed by atoms with van der Waals surface area (Å²) in [6.07, 6.45) is 3.54. The Morgan fingerprint density at radius 1 is 1.27 bits per heavy atom. The summed E-state index contributed by atoms with van der Waals surface area (Å²) >= 11 is 5.91. The molecule has 0 unspecified atom stereocenters. The number of nitrogens with zero attached hydrogens (tertiary/aromatic N) is 1. The van der Waals surface area contributed by atoms with E-state index in [4.69, 9.17) is 22.1 Å². The Hall–Kier alpha value is -1.75. The number of hydrogen-bond donors (Lipinski definition) is 1. The van der Waals surface area contributed by atoms with Gasteiger partial charge in [-0.05, 0) is 49.9 Å². The van der Waals surface area contributed by atoms with E-state index in [1.807, 2.05) is 18.7 Å². The number of hydrogen-bond acceptors (Lipinski definition) is 3. The predicted octanol–water partition coefficient (Wildman–Crippen LogP) is 3.64. The monoisotopic (exact) mass is 380 g/mol. The molecule has 144 valence electrons. The van der Waals surface area contributed by atoms with Crippen LogP contribution >= 0.6 is 11.6 Å². The van der Waals surface area contributed by atoms with E-state index >= 15 is 0 Å². The van der Waals surface area contributed by atoms with E-state index < -0.39 is 5.41 Å². The number of piperidine rings is 1. The number of benzene rings is 1. The van der Waals surface area contributed by atoms with Crippen LogP contribution in [0.1, 0.15) is 46.0 Å². The van der Waals surface area contributed by atoms with Gasteiger partial charge in [0.1, 0.15) is 5.75 Å². The third-order valence-electron chi connectivity index (χ3n) is 5.22. The summed E-state index contributed by atoms with van der Waals surface area (Å²) in [5.41, 5.74) is 5.08. The van der Waals surface area contributed by atoms with E-state index in [-0.39, 0.29) is 24.2 Å². The smallest absolute Gasteiger partial charge is 0.225 e. The molecule has 0 saturated carbocycles. The number of primary amides is 1. The molecule has 0 bridgehead atoms. The van der Waals surface area contributed by atoms with Crippen LogP contribution in [-0.4, -0.2) is 36.4 Å². The molecule has 1 saturated heterocycles. The minimum atomic E-state index is -0.439. The van der Waals surface area contributed by atoms with Crippen molar-refractivity contribution in [2.45, 2.75) is 46.0 Å². The zero-order chi connectivity index (χ0) is 19.2. The summed E-state index contributed by atoms with van der Waals surface area (Å²) in [4.78, 5) is 26.4. The highest BCUT2D eigenvalue weighted by Crippen LogP contribution is 2.35. The summed E-state index contributed by atoms with van der Waals surface area (Å²) in [5, 5.41) is 0.642. The van der Waals surface area contributed by atoms with Crippen molar-refractivity contribution in [3.05, 3.63) is 29.3 Å². The third kappa shape index (κ3) is 5.37. The second kappa shape index (κ2) is 9.26. The van der Waals surface area contributed by atoms with Crippen molar-refractivity contribution in [1.29, 1.82) is 0 Å². The topological polar surface area (TPSA) is 72.6 Å². The Morgan fingerprint density at radius 3 is 2.50 bits per heavy atom. The van der Waals surface area contributed by atoms with Crippen LogP contribution in [0.25, 0.3) is 0 Å². The summed E-state index contributed by atoms with van der Waals surface area (Å²) in [5.74, 6) is 0.551.